The van der Waals surface area contributed by atoms with Crippen LogP contribution >= 0.6 is 0 Å². The zero-order valence-corrected chi connectivity index (χ0v) is 14.4. The number of hydrogen-bond acceptors (Lipinski definition) is 1. The second kappa shape index (κ2) is 7.98. The molecule has 0 bridgehead atoms. The van der Waals surface area contributed by atoms with Gasteiger partial charge in [0, 0.05) is 6.04 Å². The summed E-state index contributed by atoms with van der Waals surface area (Å²) in [5.74, 6) is 2.68. The zero-order valence-electron chi connectivity index (χ0n) is 14.4. The van der Waals surface area contributed by atoms with Crippen LogP contribution in [0.5, 0.6) is 0 Å². The van der Waals surface area contributed by atoms with Crippen molar-refractivity contribution >= 4 is 0 Å². The van der Waals surface area contributed by atoms with Gasteiger partial charge in [-0.3, -0.25) is 0 Å². The Hall–Kier alpha value is -0.820. The van der Waals surface area contributed by atoms with Gasteiger partial charge in [-0.15, -0.1) is 0 Å². The first-order valence-corrected chi connectivity index (χ1v) is 8.89. The molecule has 1 unspecified atom stereocenters. The zero-order chi connectivity index (χ0) is 15.2. The van der Waals surface area contributed by atoms with Gasteiger partial charge in [0.15, 0.2) is 0 Å². The quantitative estimate of drug-likeness (QED) is 0.778. The summed E-state index contributed by atoms with van der Waals surface area (Å²) in [6.07, 6.45) is 6.87. The molecule has 1 aromatic rings. The van der Waals surface area contributed by atoms with Gasteiger partial charge in [-0.2, -0.15) is 0 Å². The van der Waals surface area contributed by atoms with Gasteiger partial charge in [-0.25, -0.2) is 0 Å². The molecule has 21 heavy (non-hydrogen) atoms. The van der Waals surface area contributed by atoms with E-state index in [0.29, 0.717) is 6.04 Å². The highest BCUT2D eigenvalue weighted by Crippen LogP contribution is 2.35. The van der Waals surface area contributed by atoms with Crippen molar-refractivity contribution in [3.63, 3.8) is 0 Å². The molecule has 0 saturated heterocycles. The molecule has 1 aromatic carbocycles. The lowest BCUT2D eigenvalue weighted by atomic mass is 9.73. The normalized spacial score (nSPS) is 24.2. The van der Waals surface area contributed by atoms with Crippen LogP contribution < -0.4 is 5.32 Å². The van der Waals surface area contributed by atoms with E-state index < -0.39 is 0 Å². The van der Waals surface area contributed by atoms with Crippen LogP contribution in [-0.4, -0.2) is 12.6 Å². The third-order valence-electron chi connectivity index (χ3n) is 5.50. The Bertz CT molecular complexity index is 416. The summed E-state index contributed by atoms with van der Waals surface area (Å²) < 4.78 is 0. The van der Waals surface area contributed by atoms with Gasteiger partial charge >= 0.3 is 0 Å². The van der Waals surface area contributed by atoms with E-state index in [4.69, 9.17) is 0 Å². The minimum absolute atomic E-state index is 0.657. The summed E-state index contributed by atoms with van der Waals surface area (Å²) in [5, 5.41) is 3.77. The van der Waals surface area contributed by atoms with Crippen LogP contribution in [0.3, 0.4) is 0 Å². The first kappa shape index (κ1) is 16.5. The van der Waals surface area contributed by atoms with Crippen LogP contribution in [0.4, 0.5) is 0 Å². The molecule has 1 aliphatic rings. The average molecular weight is 287 g/mol. The summed E-state index contributed by atoms with van der Waals surface area (Å²) >= 11 is 0. The van der Waals surface area contributed by atoms with Gasteiger partial charge in [0.25, 0.3) is 0 Å². The van der Waals surface area contributed by atoms with Gasteiger partial charge in [-0.05, 0) is 74.5 Å². The summed E-state index contributed by atoms with van der Waals surface area (Å²) in [6.45, 7) is 10.3. The van der Waals surface area contributed by atoms with E-state index >= 15 is 0 Å². The first-order valence-electron chi connectivity index (χ1n) is 8.89. The minimum Gasteiger partial charge on any atom is -0.314 e. The lowest BCUT2D eigenvalue weighted by Gasteiger charge is -2.36. The smallest absolute Gasteiger partial charge is 0.0136 e. The van der Waals surface area contributed by atoms with Crippen molar-refractivity contribution in [1.82, 2.24) is 5.32 Å². The SMILES string of the molecule is CCNC(Cc1ccccc1C)C1CCC(C(C)C)CC1. The molecular formula is C20H33N. The Morgan fingerprint density at radius 1 is 1.05 bits per heavy atom. The lowest BCUT2D eigenvalue weighted by Crippen LogP contribution is -2.40. The topological polar surface area (TPSA) is 12.0 Å². The van der Waals surface area contributed by atoms with Crippen molar-refractivity contribution in [2.75, 3.05) is 6.54 Å². The van der Waals surface area contributed by atoms with Crippen molar-refractivity contribution < 1.29 is 0 Å². The Morgan fingerprint density at radius 3 is 2.24 bits per heavy atom. The lowest BCUT2D eigenvalue weighted by molar-refractivity contribution is 0.188. The van der Waals surface area contributed by atoms with E-state index in [1.807, 2.05) is 0 Å². The number of benzene rings is 1. The molecular weight excluding hydrogens is 254 g/mol. The van der Waals surface area contributed by atoms with Gasteiger partial charge in [0.2, 0.25) is 0 Å². The number of aryl methyl sites for hydroxylation is 1. The van der Waals surface area contributed by atoms with Gasteiger partial charge < -0.3 is 5.32 Å². The average Bonchev–Trinajstić information content (AvgIpc) is 2.49. The molecule has 1 heteroatoms. The second-order valence-electron chi connectivity index (χ2n) is 7.21. The number of rotatable bonds is 6. The molecule has 0 aliphatic heterocycles. The fourth-order valence-electron chi connectivity index (χ4n) is 3.96. The number of hydrogen-bond donors (Lipinski definition) is 1. The van der Waals surface area contributed by atoms with Gasteiger partial charge in [-0.1, -0.05) is 45.0 Å². The third kappa shape index (κ3) is 4.57. The molecule has 1 aliphatic carbocycles. The summed E-state index contributed by atoms with van der Waals surface area (Å²) in [4.78, 5) is 0. The largest absolute Gasteiger partial charge is 0.314 e. The standard InChI is InChI=1S/C20H33N/c1-5-21-20(14-19-9-7-6-8-16(19)4)18-12-10-17(11-13-18)15(2)3/h6-9,15,17-18,20-21H,5,10-14H2,1-4H3. The summed E-state index contributed by atoms with van der Waals surface area (Å²) in [6, 6.07) is 9.54. The fraction of sp³-hybridized carbons (Fsp3) is 0.700. The van der Waals surface area contributed by atoms with Crippen LogP contribution in [0.15, 0.2) is 24.3 Å². The number of nitrogens with one attached hydrogen (secondary N) is 1. The molecule has 0 radical (unpaired) electrons. The molecule has 0 spiro atoms. The molecule has 1 fully saturated rings. The second-order valence-corrected chi connectivity index (χ2v) is 7.21. The minimum atomic E-state index is 0.657. The third-order valence-corrected chi connectivity index (χ3v) is 5.50. The number of likely N-dealkylation sites (N-methyl/N-ethyl adjacent to an activating group) is 1. The molecule has 0 heterocycles. The maximum absolute atomic E-state index is 3.77. The van der Waals surface area contributed by atoms with Crippen molar-refractivity contribution in [1.29, 1.82) is 0 Å². The highest BCUT2D eigenvalue weighted by atomic mass is 14.9. The van der Waals surface area contributed by atoms with E-state index in [2.05, 4.69) is 57.3 Å². The molecule has 118 valence electrons. The van der Waals surface area contributed by atoms with Crippen LogP contribution in [0.25, 0.3) is 0 Å². The fourth-order valence-corrected chi connectivity index (χ4v) is 3.96. The summed E-state index contributed by atoms with van der Waals surface area (Å²) in [7, 11) is 0. The monoisotopic (exact) mass is 287 g/mol. The van der Waals surface area contributed by atoms with E-state index in [-0.39, 0.29) is 0 Å². The summed E-state index contributed by atoms with van der Waals surface area (Å²) in [5.41, 5.74) is 2.96. The van der Waals surface area contributed by atoms with Crippen LogP contribution in [0.1, 0.15) is 57.6 Å². The van der Waals surface area contributed by atoms with Crippen molar-refractivity contribution in [3.05, 3.63) is 35.4 Å². The Kier molecular flexibility index (Phi) is 6.29. The van der Waals surface area contributed by atoms with Gasteiger partial charge in [0.05, 0.1) is 0 Å². The maximum Gasteiger partial charge on any atom is 0.0136 e. The van der Waals surface area contributed by atoms with Crippen molar-refractivity contribution in [2.24, 2.45) is 17.8 Å². The van der Waals surface area contributed by atoms with Gasteiger partial charge in [0.1, 0.15) is 0 Å². The van der Waals surface area contributed by atoms with E-state index in [1.54, 1.807) is 0 Å². The highest BCUT2D eigenvalue weighted by molar-refractivity contribution is 5.26. The van der Waals surface area contributed by atoms with Crippen molar-refractivity contribution in [3.8, 4) is 0 Å². The molecule has 1 atom stereocenters. The molecule has 0 amide bonds. The van der Waals surface area contributed by atoms with Crippen molar-refractivity contribution in [2.45, 2.75) is 65.8 Å². The maximum atomic E-state index is 3.77. The highest BCUT2D eigenvalue weighted by Gasteiger charge is 2.28. The predicted molar refractivity (Wildman–Crippen MR) is 92.6 cm³/mol. The predicted octanol–water partition coefficient (Wildman–Crippen LogP) is 4.98. The molecule has 0 aromatic heterocycles. The van der Waals surface area contributed by atoms with Crippen LogP contribution in [0, 0.1) is 24.7 Å². The van der Waals surface area contributed by atoms with E-state index in [9.17, 15) is 0 Å². The Balaban J connectivity index is 1.98. The molecule has 2 rings (SSSR count). The van der Waals surface area contributed by atoms with E-state index in [0.717, 1.165) is 24.3 Å². The molecule has 1 nitrogen and oxygen atoms in total. The molecule has 1 N–H and O–H groups in total. The molecule has 1 saturated carbocycles. The van der Waals surface area contributed by atoms with Crippen LogP contribution in [-0.2, 0) is 6.42 Å². The Labute approximate surface area is 131 Å². The van der Waals surface area contributed by atoms with Crippen LogP contribution in [0.2, 0.25) is 0 Å². The van der Waals surface area contributed by atoms with E-state index in [1.165, 1.54) is 43.2 Å². The Morgan fingerprint density at radius 2 is 1.67 bits per heavy atom. The first-order chi connectivity index (χ1) is 10.1.